The number of aromatic nitrogens is 2. The number of anilines is 2. The summed E-state index contributed by atoms with van der Waals surface area (Å²) in [6.45, 7) is 2.74. The molecule has 0 atom stereocenters. The molecule has 10 nitrogen and oxygen atoms in total. The van der Waals surface area contributed by atoms with Crippen LogP contribution in [0.1, 0.15) is 25.3 Å². The van der Waals surface area contributed by atoms with Gasteiger partial charge in [0.15, 0.2) is 0 Å². The summed E-state index contributed by atoms with van der Waals surface area (Å²) in [6, 6.07) is 15.1. The minimum absolute atomic E-state index is 0.0660. The summed E-state index contributed by atoms with van der Waals surface area (Å²) >= 11 is 0. The smallest absolute Gasteiger partial charge is 0.235 e. The van der Waals surface area contributed by atoms with Gasteiger partial charge >= 0.3 is 0 Å². The SMILES string of the molecule is CC(N=NN)=Nc1ccc(NC(=O)C2(c3ccc(-c4cnc(N)nc4)cc3)CCOCC2)cc1. The molecule has 0 saturated carbocycles. The van der Waals surface area contributed by atoms with Gasteiger partial charge in [-0.25, -0.2) is 15.0 Å². The van der Waals surface area contributed by atoms with Gasteiger partial charge in [-0.3, -0.25) is 4.79 Å². The van der Waals surface area contributed by atoms with Crippen LogP contribution in [0.2, 0.25) is 0 Å². The van der Waals surface area contributed by atoms with Crippen molar-refractivity contribution in [2.24, 2.45) is 21.2 Å². The molecule has 0 radical (unpaired) electrons. The highest BCUT2D eigenvalue weighted by molar-refractivity contribution is 5.99. The maximum absolute atomic E-state index is 13.6. The van der Waals surface area contributed by atoms with E-state index in [-0.39, 0.29) is 11.9 Å². The number of nitrogens with zero attached hydrogens (tertiary/aromatic N) is 5. The van der Waals surface area contributed by atoms with Gasteiger partial charge < -0.3 is 21.6 Å². The van der Waals surface area contributed by atoms with Crippen molar-refractivity contribution < 1.29 is 9.53 Å². The number of ether oxygens (including phenoxy) is 1. The van der Waals surface area contributed by atoms with E-state index in [1.165, 1.54) is 0 Å². The fourth-order valence-corrected chi connectivity index (χ4v) is 4.00. The van der Waals surface area contributed by atoms with Crippen molar-refractivity contribution >= 4 is 29.1 Å². The van der Waals surface area contributed by atoms with Crippen molar-refractivity contribution in [1.29, 1.82) is 0 Å². The van der Waals surface area contributed by atoms with Gasteiger partial charge in [0.1, 0.15) is 5.84 Å². The lowest BCUT2D eigenvalue weighted by Crippen LogP contribution is -2.44. The average Bonchev–Trinajstić information content (AvgIpc) is 2.86. The van der Waals surface area contributed by atoms with Crippen LogP contribution in [0, 0.1) is 0 Å². The molecule has 10 heteroatoms. The Bertz CT molecular complexity index is 1180. The Balaban J connectivity index is 1.55. The average molecular weight is 459 g/mol. The lowest BCUT2D eigenvalue weighted by Gasteiger charge is -2.36. The zero-order valence-corrected chi connectivity index (χ0v) is 18.8. The molecule has 1 aliphatic heterocycles. The highest BCUT2D eigenvalue weighted by atomic mass is 16.5. The highest BCUT2D eigenvalue weighted by Crippen LogP contribution is 2.37. The summed E-state index contributed by atoms with van der Waals surface area (Å²) in [7, 11) is 0. The Morgan fingerprint density at radius 3 is 2.26 bits per heavy atom. The van der Waals surface area contributed by atoms with Crippen LogP contribution in [0.15, 0.2) is 76.3 Å². The normalized spacial score (nSPS) is 15.9. The standard InChI is InChI=1S/C24H26N8O2/c1-16(31-32-26)29-20-6-8-21(9-7-20)30-22(33)24(10-12-34-13-11-24)19-4-2-17(3-5-19)18-14-27-23(25)28-15-18/h2-9,14-15H,10-13H2,1H3,(H,30,33)(H2,25,27,28)(H2,26,29,31). The number of aliphatic imine (C=N–C) groups is 1. The molecular formula is C24H26N8O2. The minimum Gasteiger partial charge on any atom is -0.381 e. The number of nitrogens with one attached hydrogen (secondary N) is 1. The van der Waals surface area contributed by atoms with Crippen LogP contribution in [0.4, 0.5) is 17.3 Å². The van der Waals surface area contributed by atoms with Crippen molar-refractivity contribution in [2.75, 3.05) is 24.3 Å². The van der Waals surface area contributed by atoms with Crippen molar-refractivity contribution in [3.63, 3.8) is 0 Å². The van der Waals surface area contributed by atoms with Crippen molar-refractivity contribution in [3.05, 3.63) is 66.5 Å². The second kappa shape index (κ2) is 10.2. The van der Waals surface area contributed by atoms with E-state index < -0.39 is 5.41 Å². The molecule has 5 N–H and O–H groups in total. The van der Waals surface area contributed by atoms with E-state index in [0.717, 1.165) is 16.7 Å². The van der Waals surface area contributed by atoms with E-state index in [2.05, 4.69) is 30.6 Å². The van der Waals surface area contributed by atoms with Gasteiger partial charge in [-0.2, -0.15) is 0 Å². The third-order valence-electron chi connectivity index (χ3n) is 5.84. The molecule has 34 heavy (non-hydrogen) atoms. The number of benzene rings is 2. The first-order valence-electron chi connectivity index (χ1n) is 10.8. The van der Waals surface area contributed by atoms with Crippen molar-refractivity contribution in [1.82, 2.24) is 9.97 Å². The zero-order chi connectivity index (χ0) is 24.0. The largest absolute Gasteiger partial charge is 0.381 e. The highest BCUT2D eigenvalue weighted by Gasteiger charge is 2.41. The van der Waals surface area contributed by atoms with E-state index >= 15 is 0 Å². The summed E-state index contributed by atoms with van der Waals surface area (Å²) in [6.07, 6.45) is 4.55. The number of carbonyl (C=O) groups is 1. The molecule has 0 bridgehead atoms. The van der Waals surface area contributed by atoms with Gasteiger partial charge in [0.05, 0.1) is 11.1 Å². The first-order valence-corrected chi connectivity index (χ1v) is 10.8. The predicted octanol–water partition coefficient (Wildman–Crippen LogP) is 3.79. The molecule has 0 spiro atoms. The number of nitrogens with two attached hydrogens (primary N) is 2. The number of nitrogen functional groups attached to an aromatic ring is 1. The molecule has 0 aliphatic carbocycles. The van der Waals surface area contributed by atoms with Gasteiger partial charge in [-0.1, -0.05) is 29.5 Å². The number of rotatable bonds is 5. The Hall–Kier alpha value is -4.18. The Morgan fingerprint density at radius 2 is 1.65 bits per heavy atom. The fraction of sp³-hybridized carbons (Fsp3) is 0.250. The second-order valence-electron chi connectivity index (χ2n) is 7.98. The molecule has 0 unspecified atom stereocenters. The van der Waals surface area contributed by atoms with Crippen LogP contribution < -0.4 is 16.9 Å². The molecule has 2 heterocycles. The molecular weight excluding hydrogens is 432 g/mol. The quantitative estimate of drug-likeness (QED) is 0.174. The van der Waals surface area contributed by atoms with E-state index in [0.29, 0.717) is 43.3 Å². The van der Waals surface area contributed by atoms with Crippen LogP contribution in [-0.4, -0.2) is 34.9 Å². The molecule has 4 rings (SSSR count). The van der Waals surface area contributed by atoms with E-state index in [1.54, 1.807) is 43.6 Å². The van der Waals surface area contributed by atoms with Gasteiger partial charge in [0.25, 0.3) is 0 Å². The lowest BCUT2D eigenvalue weighted by molar-refractivity contribution is -0.125. The molecule has 1 aromatic heterocycles. The summed E-state index contributed by atoms with van der Waals surface area (Å²) in [4.78, 5) is 26.0. The summed E-state index contributed by atoms with van der Waals surface area (Å²) in [5, 5.41) is 9.97. The maximum Gasteiger partial charge on any atom is 0.235 e. The molecule has 174 valence electrons. The van der Waals surface area contributed by atoms with Gasteiger partial charge in [-0.05, 0) is 55.2 Å². The topological polar surface area (TPSA) is 153 Å². The number of amidine groups is 1. The van der Waals surface area contributed by atoms with Crippen molar-refractivity contribution in [3.8, 4) is 11.1 Å². The Kier molecular flexibility index (Phi) is 6.88. The maximum atomic E-state index is 13.6. The Morgan fingerprint density at radius 1 is 1.00 bits per heavy atom. The lowest BCUT2D eigenvalue weighted by atomic mass is 9.73. The molecule has 1 saturated heterocycles. The molecule has 1 amide bonds. The summed E-state index contributed by atoms with van der Waals surface area (Å²) in [5.41, 5.74) is 9.01. The second-order valence-corrected chi connectivity index (χ2v) is 7.98. The zero-order valence-electron chi connectivity index (χ0n) is 18.8. The molecule has 2 aromatic carbocycles. The molecule has 1 aliphatic rings. The third-order valence-corrected chi connectivity index (χ3v) is 5.84. The number of hydrogen-bond donors (Lipinski definition) is 3. The first kappa shape index (κ1) is 23.0. The third kappa shape index (κ3) is 5.07. The van der Waals surface area contributed by atoms with Crippen LogP contribution in [0.5, 0.6) is 0 Å². The molecule has 3 aromatic rings. The van der Waals surface area contributed by atoms with Crippen LogP contribution in [0.25, 0.3) is 11.1 Å². The monoisotopic (exact) mass is 458 g/mol. The first-order chi connectivity index (χ1) is 16.5. The summed E-state index contributed by atoms with van der Waals surface area (Å²) < 4.78 is 5.57. The predicted molar refractivity (Wildman–Crippen MR) is 130 cm³/mol. The van der Waals surface area contributed by atoms with Crippen LogP contribution in [0.3, 0.4) is 0 Å². The van der Waals surface area contributed by atoms with E-state index in [4.69, 9.17) is 16.3 Å². The summed E-state index contributed by atoms with van der Waals surface area (Å²) in [5.74, 6) is 5.65. The van der Waals surface area contributed by atoms with E-state index in [1.807, 2.05) is 24.3 Å². The van der Waals surface area contributed by atoms with Crippen molar-refractivity contribution in [2.45, 2.75) is 25.2 Å². The van der Waals surface area contributed by atoms with Crippen LogP contribution >= 0.6 is 0 Å². The van der Waals surface area contributed by atoms with Gasteiger partial charge in [0.2, 0.25) is 11.9 Å². The van der Waals surface area contributed by atoms with Crippen LogP contribution in [-0.2, 0) is 14.9 Å². The fourth-order valence-electron chi connectivity index (χ4n) is 4.00. The number of hydrogen-bond acceptors (Lipinski definition) is 7. The number of amides is 1. The Labute approximate surface area is 197 Å². The molecule has 1 fully saturated rings. The van der Waals surface area contributed by atoms with E-state index in [9.17, 15) is 4.79 Å². The number of carbonyl (C=O) groups excluding carboxylic acids is 1. The van der Waals surface area contributed by atoms with Gasteiger partial charge in [-0.15, -0.1) is 5.11 Å². The minimum atomic E-state index is -0.691. The van der Waals surface area contributed by atoms with Gasteiger partial charge in [0, 0.05) is 36.9 Å².